The van der Waals surface area contributed by atoms with Crippen LogP contribution in [0, 0.1) is 17.8 Å². The van der Waals surface area contributed by atoms with Crippen molar-refractivity contribution in [2.24, 2.45) is 17.8 Å². The van der Waals surface area contributed by atoms with Gasteiger partial charge in [-0.3, -0.25) is 19.3 Å². The van der Waals surface area contributed by atoms with E-state index in [4.69, 9.17) is 12.2 Å². The number of carbonyl (C=O) groups excluding carboxylic acids is 3. The van der Waals surface area contributed by atoms with Crippen LogP contribution >= 0.6 is 12.2 Å². The van der Waals surface area contributed by atoms with Crippen molar-refractivity contribution in [2.45, 2.75) is 62.9 Å². The molecule has 4 aliphatic carbocycles. The van der Waals surface area contributed by atoms with Gasteiger partial charge in [-0.15, -0.1) is 0 Å². The zero-order chi connectivity index (χ0) is 26.0. The van der Waals surface area contributed by atoms with Gasteiger partial charge in [-0.1, -0.05) is 24.3 Å². The fraction of sp³-hybridized carbons (Fsp3) is 0.533. The molecule has 5 fully saturated rings. The van der Waals surface area contributed by atoms with Gasteiger partial charge < -0.3 is 15.5 Å². The number of likely N-dealkylation sites (tertiary alicyclic amines) is 1. The second-order valence-electron chi connectivity index (χ2n) is 12.4. The molecule has 0 spiro atoms. The van der Waals surface area contributed by atoms with Crippen LogP contribution in [0.15, 0.2) is 36.4 Å². The SMILES string of the molecule is O=C(CN1C(=O)c2cccc3cccc(c23)C1=O)N1CCC(NC(=S)NC23CC4CC(CC(C4)C2)C3)CC1. The lowest BCUT2D eigenvalue weighted by molar-refractivity contribution is -0.132. The third-order valence-electron chi connectivity index (χ3n) is 9.75. The van der Waals surface area contributed by atoms with E-state index in [1.165, 1.54) is 38.5 Å². The number of benzene rings is 2. The average Bonchev–Trinajstić information content (AvgIpc) is 2.88. The van der Waals surface area contributed by atoms with E-state index in [1.54, 1.807) is 17.0 Å². The van der Waals surface area contributed by atoms with Gasteiger partial charge in [-0.2, -0.15) is 0 Å². The molecule has 2 aromatic carbocycles. The number of imide groups is 1. The van der Waals surface area contributed by atoms with Gasteiger partial charge in [-0.25, -0.2) is 0 Å². The predicted octanol–water partition coefficient (Wildman–Crippen LogP) is 3.86. The van der Waals surface area contributed by atoms with Gasteiger partial charge in [0.1, 0.15) is 6.54 Å². The fourth-order valence-electron chi connectivity index (χ4n) is 8.46. The summed E-state index contributed by atoms with van der Waals surface area (Å²) >= 11 is 5.76. The number of nitrogens with zero attached hydrogens (tertiary/aromatic N) is 2. The van der Waals surface area contributed by atoms with E-state index >= 15 is 0 Å². The minimum atomic E-state index is -0.398. The van der Waals surface area contributed by atoms with Crippen molar-refractivity contribution < 1.29 is 14.4 Å². The summed E-state index contributed by atoms with van der Waals surface area (Å²) in [5, 5.41) is 9.58. The van der Waals surface area contributed by atoms with Crippen LogP contribution < -0.4 is 10.6 Å². The summed E-state index contributed by atoms with van der Waals surface area (Å²) in [6.45, 7) is 0.935. The molecule has 0 aromatic heterocycles. The van der Waals surface area contributed by atoms with E-state index in [9.17, 15) is 14.4 Å². The highest BCUT2D eigenvalue weighted by molar-refractivity contribution is 7.80. The van der Waals surface area contributed by atoms with Crippen molar-refractivity contribution >= 4 is 45.8 Å². The van der Waals surface area contributed by atoms with E-state index < -0.39 is 11.8 Å². The monoisotopic (exact) mass is 530 g/mol. The van der Waals surface area contributed by atoms with Crippen molar-refractivity contribution in [1.29, 1.82) is 0 Å². The van der Waals surface area contributed by atoms with Crippen LogP contribution in [0.25, 0.3) is 10.8 Å². The summed E-state index contributed by atoms with van der Waals surface area (Å²) in [5.74, 6) is 1.61. The Bertz CT molecular complexity index is 1260. The number of carbonyl (C=O) groups is 3. The second kappa shape index (κ2) is 9.04. The molecular formula is C30H34N4O3S. The van der Waals surface area contributed by atoms with E-state index in [0.717, 1.165) is 46.0 Å². The number of hydrogen-bond acceptors (Lipinski definition) is 4. The van der Waals surface area contributed by atoms with Gasteiger partial charge in [0.15, 0.2) is 5.11 Å². The zero-order valence-corrected chi connectivity index (χ0v) is 22.4. The molecule has 2 N–H and O–H groups in total. The first-order chi connectivity index (χ1) is 18.4. The standard InChI is InChI=1S/C30H34N4O3S/c35-25(17-34-27(36)23-5-1-3-21-4-2-6-24(26(21)23)28(34)37)33-9-7-22(8-10-33)31-29(38)32-30-14-18-11-19(15-30)13-20(12-18)16-30/h1-6,18-20,22H,7-17H2,(H2,31,32,38). The molecule has 7 nitrogen and oxygen atoms in total. The van der Waals surface area contributed by atoms with Crippen molar-refractivity contribution in [3.05, 3.63) is 47.5 Å². The lowest BCUT2D eigenvalue weighted by Gasteiger charge is -2.57. The van der Waals surface area contributed by atoms with E-state index in [2.05, 4.69) is 10.6 Å². The Balaban J connectivity index is 0.942. The zero-order valence-electron chi connectivity index (χ0n) is 21.6. The Hall–Kier alpha value is -3.00. The number of piperidine rings is 1. The Morgan fingerprint density at radius 1 is 0.895 bits per heavy atom. The summed E-state index contributed by atoms with van der Waals surface area (Å²) in [4.78, 5) is 42.4. The van der Waals surface area contributed by atoms with Crippen LogP contribution in [0.4, 0.5) is 0 Å². The largest absolute Gasteiger partial charge is 0.360 e. The maximum atomic E-state index is 13.2. The van der Waals surface area contributed by atoms with Gasteiger partial charge in [-0.05, 0) is 98.9 Å². The van der Waals surface area contributed by atoms with Crippen LogP contribution in [0.1, 0.15) is 72.1 Å². The Morgan fingerprint density at radius 3 is 2.00 bits per heavy atom. The third kappa shape index (κ3) is 4.08. The second-order valence-corrected chi connectivity index (χ2v) is 12.8. The summed E-state index contributed by atoms with van der Waals surface area (Å²) in [6.07, 6.45) is 9.55. The molecule has 0 atom stereocenters. The van der Waals surface area contributed by atoms with Crippen LogP contribution in [-0.2, 0) is 4.79 Å². The Kier molecular flexibility index (Phi) is 5.73. The highest BCUT2D eigenvalue weighted by atomic mass is 32.1. The Labute approximate surface area is 228 Å². The number of hydrogen-bond donors (Lipinski definition) is 2. The molecule has 4 bridgehead atoms. The van der Waals surface area contributed by atoms with Crippen LogP contribution in [-0.4, -0.2) is 63.8 Å². The summed E-state index contributed by atoms with van der Waals surface area (Å²) in [6, 6.07) is 11.1. The number of rotatable bonds is 4. The van der Waals surface area contributed by atoms with Gasteiger partial charge in [0, 0.05) is 41.2 Å². The van der Waals surface area contributed by atoms with Gasteiger partial charge in [0.2, 0.25) is 5.91 Å². The van der Waals surface area contributed by atoms with Crippen LogP contribution in [0.5, 0.6) is 0 Å². The average molecular weight is 531 g/mol. The molecule has 2 heterocycles. The molecule has 6 aliphatic rings. The summed E-state index contributed by atoms with van der Waals surface area (Å²) in [5.41, 5.74) is 1.15. The van der Waals surface area contributed by atoms with E-state index in [-0.39, 0.29) is 24.0 Å². The molecule has 2 aromatic rings. The molecule has 0 unspecified atom stereocenters. The molecule has 8 rings (SSSR count). The number of amides is 3. The van der Waals surface area contributed by atoms with Gasteiger partial charge >= 0.3 is 0 Å². The minimum absolute atomic E-state index is 0.186. The number of thiocarbonyl (C=S) groups is 1. The lowest BCUT2D eigenvalue weighted by atomic mass is 9.53. The molecule has 4 saturated carbocycles. The van der Waals surface area contributed by atoms with E-state index in [1.807, 2.05) is 24.3 Å². The molecule has 1 saturated heterocycles. The lowest BCUT2D eigenvalue weighted by Crippen LogP contribution is -2.62. The van der Waals surface area contributed by atoms with Crippen molar-refractivity contribution in [3.8, 4) is 0 Å². The molecule has 38 heavy (non-hydrogen) atoms. The highest BCUT2D eigenvalue weighted by Gasteiger charge is 2.51. The maximum Gasteiger partial charge on any atom is 0.261 e. The smallest absolute Gasteiger partial charge is 0.261 e. The Morgan fingerprint density at radius 2 is 1.45 bits per heavy atom. The predicted molar refractivity (Wildman–Crippen MR) is 149 cm³/mol. The summed E-state index contributed by atoms with van der Waals surface area (Å²) in [7, 11) is 0. The molecule has 2 aliphatic heterocycles. The van der Waals surface area contributed by atoms with E-state index in [0.29, 0.717) is 29.6 Å². The number of nitrogens with one attached hydrogen (secondary N) is 2. The third-order valence-corrected chi connectivity index (χ3v) is 9.97. The maximum absolute atomic E-state index is 13.2. The molecule has 3 amide bonds. The van der Waals surface area contributed by atoms with Crippen molar-refractivity contribution in [2.75, 3.05) is 19.6 Å². The minimum Gasteiger partial charge on any atom is -0.360 e. The van der Waals surface area contributed by atoms with Crippen molar-refractivity contribution in [1.82, 2.24) is 20.4 Å². The van der Waals surface area contributed by atoms with Gasteiger partial charge in [0.25, 0.3) is 11.8 Å². The topological polar surface area (TPSA) is 81.8 Å². The van der Waals surface area contributed by atoms with Crippen LogP contribution in [0.3, 0.4) is 0 Å². The van der Waals surface area contributed by atoms with Crippen molar-refractivity contribution in [3.63, 3.8) is 0 Å². The first-order valence-electron chi connectivity index (χ1n) is 14.1. The highest BCUT2D eigenvalue weighted by Crippen LogP contribution is 2.55. The molecule has 198 valence electrons. The first kappa shape index (κ1) is 24.1. The molecule has 8 heteroatoms. The van der Waals surface area contributed by atoms with Crippen LogP contribution in [0.2, 0.25) is 0 Å². The first-order valence-corrected chi connectivity index (χ1v) is 14.5. The normalized spacial score (nSPS) is 30.2. The molecule has 0 radical (unpaired) electrons. The quantitative estimate of drug-likeness (QED) is 0.462. The fourth-order valence-corrected chi connectivity index (χ4v) is 8.84. The molecular weight excluding hydrogens is 496 g/mol. The van der Waals surface area contributed by atoms with Gasteiger partial charge in [0.05, 0.1) is 0 Å². The summed E-state index contributed by atoms with van der Waals surface area (Å²) < 4.78 is 0.